The summed E-state index contributed by atoms with van der Waals surface area (Å²) in [5.41, 5.74) is 1.39. The number of aryl methyl sites for hydroxylation is 1. The summed E-state index contributed by atoms with van der Waals surface area (Å²) in [5, 5.41) is 9.39. The van der Waals surface area contributed by atoms with Gasteiger partial charge in [0.05, 0.1) is 24.5 Å². The number of nitrogens with one attached hydrogen (secondary N) is 2. The van der Waals surface area contributed by atoms with Crippen LogP contribution in [0.2, 0.25) is 0 Å². The van der Waals surface area contributed by atoms with Crippen LogP contribution in [-0.2, 0) is 4.74 Å². The van der Waals surface area contributed by atoms with Crippen LogP contribution >= 0.6 is 0 Å². The van der Waals surface area contributed by atoms with Gasteiger partial charge in [-0.2, -0.15) is 5.10 Å². The number of hydrogen-bond donors (Lipinski definition) is 2. The summed E-state index contributed by atoms with van der Waals surface area (Å²) < 4.78 is 5.66. The molecule has 1 aliphatic rings. The van der Waals surface area contributed by atoms with E-state index >= 15 is 0 Å². The fourth-order valence-electron chi connectivity index (χ4n) is 2.12. The van der Waals surface area contributed by atoms with Crippen LogP contribution in [0.5, 0.6) is 0 Å². The summed E-state index contributed by atoms with van der Waals surface area (Å²) in [6.07, 6.45) is 6.81. The third-order valence-electron chi connectivity index (χ3n) is 3.12. The largest absolute Gasteiger partial charge is 0.376 e. The molecule has 0 unspecified atom stereocenters. The maximum atomic E-state index is 11.7. The molecule has 0 aromatic carbocycles. The molecule has 2 N–H and O–H groups in total. The summed E-state index contributed by atoms with van der Waals surface area (Å²) in [4.78, 5) is 11.7. The molecule has 5 heteroatoms. The first-order valence-corrected chi connectivity index (χ1v) is 6.17. The minimum atomic E-state index is -0.0914. The van der Waals surface area contributed by atoms with Gasteiger partial charge in [-0.3, -0.25) is 9.89 Å². The average Bonchev–Trinajstić information content (AvgIpc) is 2.95. The molecule has 5 nitrogen and oxygen atoms in total. The molecule has 0 radical (unpaired) electrons. The van der Waals surface area contributed by atoms with E-state index in [1.54, 1.807) is 6.20 Å². The first-order valence-electron chi connectivity index (χ1n) is 6.17. The second kappa shape index (κ2) is 5.82. The Bertz CT molecular complexity index is 370. The van der Waals surface area contributed by atoms with E-state index < -0.39 is 0 Å². The van der Waals surface area contributed by atoms with Crippen molar-refractivity contribution in [3.05, 3.63) is 17.5 Å². The standard InChI is InChI=1S/C12H19N3O2/c1-9-11(8-14-15-9)12(16)13-6-7-17-10-4-2-3-5-10/h8,10H,2-7H2,1H3,(H,13,16)(H,14,15). The van der Waals surface area contributed by atoms with E-state index in [0.29, 0.717) is 24.8 Å². The molecular weight excluding hydrogens is 218 g/mol. The molecule has 1 aromatic heterocycles. The van der Waals surface area contributed by atoms with E-state index in [1.165, 1.54) is 12.8 Å². The Balaban J connectivity index is 1.65. The molecule has 2 rings (SSSR count). The smallest absolute Gasteiger partial charge is 0.254 e. The highest BCUT2D eigenvalue weighted by molar-refractivity contribution is 5.94. The van der Waals surface area contributed by atoms with Crippen LogP contribution in [0.3, 0.4) is 0 Å². The van der Waals surface area contributed by atoms with Crippen LogP contribution in [0.1, 0.15) is 41.7 Å². The molecule has 94 valence electrons. The van der Waals surface area contributed by atoms with E-state index in [1.807, 2.05) is 6.92 Å². The Morgan fingerprint density at radius 1 is 1.59 bits per heavy atom. The number of carbonyl (C=O) groups excluding carboxylic acids is 1. The minimum absolute atomic E-state index is 0.0914. The highest BCUT2D eigenvalue weighted by Crippen LogP contribution is 2.20. The number of rotatable bonds is 5. The van der Waals surface area contributed by atoms with Crippen molar-refractivity contribution in [2.45, 2.75) is 38.7 Å². The predicted molar refractivity (Wildman–Crippen MR) is 63.9 cm³/mol. The van der Waals surface area contributed by atoms with Gasteiger partial charge in [0.25, 0.3) is 5.91 Å². The van der Waals surface area contributed by atoms with Crippen molar-refractivity contribution in [2.24, 2.45) is 0 Å². The van der Waals surface area contributed by atoms with Crippen molar-refractivity contribution in [1.82, 2.24) is 15.5 Å². The first-order chi connectivity index (χ1) is 8.27. The monoisotopic (exact) mass is 237 g/mol. The molecule has 0 spiro atoms. The molecule has 0 aliphatic heterocycles. The Labute approximate surface area is 101 Å². The Morgan fingerprint density at radius 2 is 2.35 bits per heavy atom. The van der Waals surface area contributed by atoms with E-state index in [-0.39, 0.29) is 5.91 Å². The number of hydrogen-bond acceptors (Lipinski definition) is 3. The highest BCUT2D eigenvalue weighted by atomic mass is 16.5. The first kappa shape index (κ1) is 12.1. The number of H-pyrrole nitrogens is 1. The lowest BCUT2D eigenvalue weighted by molar-refractivity contribution is 0.0581. The molecule has 1 aliphatic carbocycles. The van der Waals surface area contributed by atoms with Crippen molar-refractivity contribution in [3.63, 3.8) is 0 Å². The van der Waals surface area contributed by atoms with E-state index in [9.17, 15) is 4.79 Å². The fraction of sp³-hybridized carbons (Fsp3) is 0.667. The number of carbonyl (C=O) groups is 1. The zero-order chi connectivity index (χ0) is 12.1. The van der Waals surface area contributed by atoms with Crippen molar-refractivity contribution in [1.29, 1.82) is 0 Å². The molecule has 1 fully saturated rings. The predicted octanol–water partition coefficient (Wildman–Crippen LogP) is 1.41. The summed E-state index contributed by atoms with van der Waals surface area (Å²) in [7, 11) is 0. The van der Waals surface area contributed by atoms with Gasteiger partial charge in [-0.05, 0) is 19.8 Å². The van der Waals surface area contributed by atoms with Gasteiger partial charge >= 0.3 is 0 Å². The molecule has 1 aromatic rings. The van der Waals surface area contributed by atoms with Crippen LogP contribution in [0.25, 0.3) is 0 Å². The topological polar surface area (TPSA) is 67.0 Å². The van der Waals surface area contributed by atoms with Gasteiger partial charge in [-0.1, -0.05) is 12.8 Å². The fourth-order valence-corrected chi connectivity index (χ4v) is 2.12. The average molecular weight is 237 g/mol. The number of aromatic nitrogens is 2. The molecule has 1 heterocycles. The highest BCUT2D eigenvalue weighted by Gasteiger charge is 2.15. The zero-order valence-corrected chi connectivity index (χ0v) is 10.2. The van der Waals surface area contributed by atoms with Crippen molar-refractivity contribution < 1.29 is 9.53 Å². The lowest BCUT2D eigenvalue weighted by Gasteiger charge is -2.11. The third kappa shape index (κ3) is 3.30. The van der Waals surface area contributed by atoms with Crippen LogP contribution in [0, 0.1) is 6.92 Å². The van der Waals surface area contributed by atoms with E-state index in [0.717, 1.165) is 18.5 Å². The van der Waals surface area contributed by atoms with E-state index in [2.05, 4.69) is 15.5 Å². The molecule has 0 atom stereocenters. The van der Waals surface area contributed by atoms with Gasteiger partial charge in [0, 0.05) is 12.2 Å². The van der Waals surface area contributed by atoms with Gasteiger partial charge in [0.2, 0.25) is 0 Å². The number of nitrogens with zero attached hydrogens (tertiary/aromatic N) is 1. The molecular formula is C12H19N3O2. The molecule has 0 bridgehead atoms. The van der Waals surface area contributed by atoms with Crippen LogP contribution in [-0.4, -0.2) is 35.4 Å². The van der Waals surface area contributed by atoms with Crippen molar-refractivity contribution in [3.8, 4) is 0 Å². The molecule has 0 saturated heterocycles. The van der Waals surface area contributed by atoms with Crippen molar-refractivity contribution >= 4 is 5.91 Å². The van der Waals surface area contributed by atoms with Gasteiger partial charge < -0.3 is 10.1 Å². The number of ether oxygens (including phenoxy) is 1. The lowest BCUT2D eigenvalue weighted by Crippen LogP contribution is -2.28. The SMILES string of the molecule is Cc1[nH]ncc1C(=O)NCCOC1CCCC1. The Morgan fingerprint density at radius 3 is 3.00 bits per heavy atom. The maximum Gasteiger partial charge on any atom is 0.254 e. The lowest BCUT2D eigenvalue weighted by atomic mass is 10.2. The summed E-state index contributed by atoms with van der Waals surface area (Å²) >= 11 is 0. The van der Waals surface area contributed by atoms with Gasteiger partial charge in [0.1, 0.15) is 0 Å². The Kier molecular flexibility index (Phi) is 4.14. The van der Waals surface area contributed by atoms with Crippen LogP contribution in [0.4, 0.5) is 0 Å². The van der Waals surface area contributed by atoms with Gasteiger partial charge in [-0.25, -0.2) is 0 Å². The van der Waals surface area contributed by atoms with E-state index in [4.69, 9.17) is 4.74 Å². The minimum Gasteiger partial charge on any atom is -0.376 e. The summed E-state index contributed by atoms with van der Waals surface area (Å²) in [6.45, 7) is 2.98. The number of amides is 1. The quantitative estimate of drug-likeness (QED) is 0.761. The molecule has 1 saturated carbocycles. The zero-order valence-electron chi connectivity index (χ0n) is 10.2. The van der Waals surface area contributed by atoms with Crippen molar-refractivity contribution in [2.75, 3.05) is 13.2 Å². The maximum absolute atomic E-state index is 11.7. The van der Waals surface area contributed by atoms with Gasteiger partial charge in [0.15, 0.2) is 0 Å². The normalized spacial score (nSPS) is 16.3. The second-order valence-electron chi connectivity index (χ2n) is 4.44. The third-order valence-corrected chi connectivity index (χ3v) is 3.12. The summed E-state index contributed by atoms with van der Waals surface area (Å²) in [5.74, 6) is -0.0914. The Hall–Kier alpha value is -1.36. The van der Waals surface area contributed by atoms with Crippen LogP contribution in [0.15, 0.2) is 6.20 Å². The number of aromatic amines is 1. The molecule has 1 amide bonds. The second-order valence-corrected chi connectivity index (χ2v) is 4.44. The van der Waals surface area contributed by atoms with Gasteiger partial charge in [-0.15, -0.1) is 0 Å². The summed E-state index contributed by atoms with van der Waals surface area (Å²) in [6, 6.07) is 0. The molecule has 17 heavy (non-hydrogen) atoms. The van der Waals surface area contributed by atoms with Crippen LogP contribution < -0.4 is 5.32 Å².